The third-order valence-corrected chi connectivity index (χ3v) is 3.59. The van der Waals surface area contributed by atoms with Gasteiger partial charge in [0.25, 0.3) is 0 Å². The van der Waals surface area contributed by atoms with Gasteiger partial charge in [0.2, 0.25) is 0 Å². The number of hydrogen-bond acceptors (Lipinski definition) is 2. The van der Waals surface area contributed by atoms with Gasteiger partial charge in [0.05, 0.1) is 11.1 Å². The van der Waals surface area contributed by atoms with Gasteiger partial charge in [0, 0.05) is 13.2 Å². The molecule has 0 spiro atoms. The normalized spacial score (nSPS) is 14.8. The SMILES string of the molecule is CNC(Cc1cccc(F)c1Cl)C(OC)C(C)C. The van der Waals surface area contributed by atoms with Crippen LogP contribution in [0.3, 0.4) is 0 Å². The number of methoxy groups -OCH3 is 1. The van der Waals surface area contributed by atoms with E-state index in [0.717, 1.165) is 5.56 Å². The largest absolute Gasteiger partial charge is 0.380 e. The Kier molecular flexibility index (Phi) is 6.06. The molecule has 2 unspecified atom stereocenters. The molecule has 0 amide bonds. The summed E-state index contributed by atoms with van der Waals surface area (Å²) in [6, 6.07) is 5.01. The Morgan fingerprint density at radius 1 is 1.39 bits per heavy atom. The van der Waals surface area contributed by atoms with Gasteiger partial charge in [-0.05, 0) is 31.0 Å². The highest BCUT2D eigenvalue weighted by Gasteiger charge is 2.24. The summed E-state index contributed by atoms with van der Waals surface area (Å²) in [7, 11) is 3.58. The van der Waals surface area contributed by atoms with Crippen LogP contribution in [0, 0.1) is 11.7 Å². The maximum absolute atomic E-state index is 13.4. The molecule has 1 aromatic rings. The number of ether oxygens (including phenoxy) is 1. The van der Waals surface area contributed by atoms with E-state index in [1.807, 2.05) is 13.1 Å². The van der Waals surface area contributed by atoms with Crippen molar-refractivity contribution in [3.8, 4) is 0 Å². The molecule has 1 rings (SSSR count). The first-order valence-corrected chi connectivity index (χ1v) is 6.52. The number of halogens is 2. The Bertz CT molecular complexity index is 384. The molecule has 0 heterocycles. The van der Waals surface area contributed by atoms with Crippen molar-refractivity contribution in [3.05, 3.63) is 34.6 Å². The van der Waals surface area contributed by atoms with E-state index >= 15 is 0 Å². The molecule has 1 N–H and O–H groups in total. The van der Waals surface area contributed by atoms with E-state index in [1.165, 1.54) is 6.07 Å². The zero-order valence-corrected chi connectivity index (χ0v) is 12.1. The minimum atomic E-state index is -0.373. The number of rotatable bonds is 6. The first kappa shape index (κ1) is 15.4. The van der Waals surface area contributed by atoms with Crippen molar-refractivity contribution in [2.24, 2.45) is 5.92 Å². The van der Waals surface area contributed by atoms with Crippen LogP contribution in [-0.2, 0) is 11.2 Å². The van der Waals surface area contributed by atoms with E-state index < -0.39 is 0 Å². The van der Waals surface area contributed by atoms with Crippen LogP contribution < -0.4 is 5.32 Å². The molecule has 2 nitrogen and oxygen atoms in total. The second-order valence-corrected chi connectivity index (χ2v) is 5.13. The molecule has 0 fully saturated rings. The first-order chi connectivity index (χ1) is 8.51. The number of hydrogen-bond donors (Lipinski definition) is 1. The average Bonchev–Trinajstić information content (AvgIpc) is 2.33. The molecule has 1 aromatic carbocycles. The fourth-order valence-corrected chi connectivity index (χ4v) is 2.43. The van der Waals surface area contributed by atoms with E-state index in [1.54, 1.807) is 13.2 Å². The topological polar surface area (TPSA) is 21.3 Å². The number of likely N-dealkylation sites (N-methyl/N-ethyl adjacent to an activating group) is 1. The van der Waals surface area contributed by atoms with Crippen LogP contribution in [-0.4, -0.2) is 26.3 Å². The fraction of sp³-hybridized carbons (Fsp3) is 0.571. The van der Waals surface area contributed by atoms with Gasteiger partial charge in [0.1, 0.15) is 5.82 Å². The maximum Gasteiger partial charge on any atom is 0.142 e. The zero-order valence-electron chi connectivity index (χ0n) is 11.3. The fourth-order valence-electron chi connectivity index (χ4n) is 2.23. The van der Waals surface area contributed by atoms with Crippen molar-refractivity contribution in [1.29, 1.82) is 0 Å². The van der Waals surface area contributed by atoms with Crippen molar-refractivity contribution in [2.75, 3.05) is 14.2 Å². The lowest BCUT2D eigenvalue weighted by Crippen LogP contribution is -2.43. The Morgan fingerprint density at radius 3 is 2.56 bits per heavy atom. The highest BCUT2D eigenvalue weighted by atomic mass is 35.5. The van der Waals surface area contributed by atoms with E-state index in [0.29, 0.717) is 12.3 Å². The standard InChI is InChI=1S/C14H21ClFNO/c1-9(2)14(18-4)12(17-3)8-10-6-5-7-11(16)13(10)15/h5-7,9,12,14,17H,8H2,1-4H3. The minimum Gasteiger partial charge on any atom is -0.380 e. The zero-order chi connectivity index (χ0) is 13.7. The molecule has 102 valence electrons. The molecular formula is C14H21ClFNO. The van der Waals surface area contributed by atoms with Crippen LogP contribution in [0.2, 0.25) is 5.02 Å². The Labute approximate surface area is 113 Å². The Balaban J connectivity index is 2.88. The lowest BCUT2D eigenvalue weighted by Gasteiger charge is -2.29. The lowest BCUT2D eigenvalue weighted by atomic mass is 9.94. The minimum absolute atomic E-state index is 0.0642. The molecule has 0 bridgehead atoms. The molecule has 0 radical (unpaired) electrons. The third-order valence-electron chi connectivity index (χ3n) is 3.17. The van der Waals surface area contributed by atoms with Crippen molar-refractivity contribution in [3.63, 3.8) is 0 Å². The quantitative estimate of drug-likeness (QED) is 0.859. The summed E-state index contributed by atoms with van der Waals surface area (Å²) in [4.78, 5) is 0. The smallest absolute Gasteiger partial charge is 0.142 e. The molecule has 4 heteroatoms. The molecule has 0 aliphatic carbocycles. The molecule has 2 atom stereocenters. The highest BCUT2D eigenvalue weighted by Crippen LogP contribution is 2.23. The predicted octanol–water partition coefficient (Wildman–Crippen LogP) is 3.28. The van der Waals surface area contributed by atoms with Gasteiger partial charge in [-0.15, -0.1) is 0 Å². The van der Waals surface area contributed by atoms with Crippen molar-refractivity contribution in [1.82, 2.24) is 5.32 Å². The highest BCUT2D eigenvalue weighted by molar-refractivity contribution is 6.31. The summed E-state index contributed by atoms with van der Waals surface area (Å²) >= 11 is 5.98. The van der Waals surface area contributed by atoms with Crippen LogP contribution in [0.25, 0.3) is 0 Å². The Hall–Kier alpha value is -0.640. The summed E-state index contributed by atoms with van der Waals surface area (Å²) in [5.41, 5.74) is 0.804. The monoisotopic (exact) mass is 273 g/mol. The van der Waals surface area contributed by atoms with Crippen LogP contribution in [0.1, 0.15) is 19.4 Å². The molecule has 18 heavy (non-hydrogen) atoms. The van der Waals surface area contributed by atoms with Gasteiger partial charge < -0.3 is 10.1 Å². The summed E-state index contributed by atoms with van der Waals surface area (Å²) < 4.78 is 18.9. The molecule has 0 aliphatic rings. The maximum atomic E-state index is 13.4. The van der Waals surface area contributed by atoms with E-state index in [2.05, 4.69) is 19.2 Å². The Morgan fingerprint density at radius 2 is 2.06 bits per heavy atom. The molecule has 0 saturated heterocycles. The second-order valence-electron chi connectivity index (χ2n) is 4.76. The van der Waals surface area contributed by atoms with Gasteiger partial charge in [0.15, 0.2) is 0 Å². The van der Waals surface area contributed by atoms with Gasteiger partial charge in [-0.2, -0.15) is 0 Å². The van der Waals surface area contributed by atoms with Crippen LogP contribution in [0.5, 0.6) is 0 Å². The van der Waals surface area contributed by atoms with Crippen molar-refractivity contribution >= 4 is 11.6 Å². The van der Waals surface area contributed by atoms with Crippen LogP contribution >= 0.6 is 11.6 Å². The van der Waals surface area contributed by atoms with Crippen LogP contribution in [0.4, 0.5) is 4.39 Å². The van der Waals surface area contributed by atoms with Gasteiger partial charge in [-0.25, -0.2) is 4.39 Å². The van der Waals surface area contributed by atoms with Crippen molar-refractivity contribution < 1.29 is 9.13 Å². The van der Waals surface area contributed by atoms with E-state index in [9.17, 15) is 4.39 Å². The third kappa shape index (κ3) is 3.67. The van der Waals surface area contributed by atoms with Gasteiger partial charge in [-0.1, -0.05) is 37.6 Å². The van der Waals surface area contributed by atoms with Crippen molar-refractivity contribution in [2.45, 2.75) is 32.4 Å². The summed E-state index contributed by atoms with van der Waals surface area (Å²) in [6.45, 7) is 4.21. The second kappa shape index (κ2) is 7.07. The van der Waals surface area contributed by atoms with Crippen LogP contribution in [0.15, 0.2) is 18.2 Å². The number of nitrogens with one attached hydrogen (secondary N) is 1. The van der Waals surface area contributed by atoms with E-state index in [4.69, 9.17) is 16.3 Å². The first-order valence-electron chi connectivity index (χ1n) is 6.14. The lowest BCUT2D eigenvalue weighted by molar-refractivity contribution is 0.0354. The molecule has 0 aliphatic heterocycles. The summed E-state index contributed by atoms with van der Waals surface area (Å²) in [6.07, 6.45) is 0.707. The predicted molar refractivity (Wildman–Crippen MR) is 73.6 cm³/mol. The average molecular weight is 274 g/mol. The molecular weight excluding hydrogens is 253 g/mol. The van der Waals surface area contributed by atoms with Gasteiger partial charge in [-0.3, -0.25) is 0 Å². The summed E-state index contributed by atoms with van der Waals surface area (Å²) in [5, 5.41) is 3.43. The van der Waals surface area contributed by atoms with Gasteiger partial charge >= 0.3 is 0 Å². The van der Waals surface area contributed by atoms with E-state index in [-0.39, 0.29) is 23.0 Å². The molecule has 0 saturated carbocycles. The molecule has 0 aromatic heterocycles. The number of benzene rings is 1. The summed E-state index contributed by atoms with van der Waals surface area (Å²) in [5.74, 6) is 0.00215.